The van der Waals surface area contributed by atoms with E-state index in [1.165, 1.54) is 0 Å². The summed E-state index contributed by atoms with van der Waals surface area (Å²) in [6.45, 7) is 21.2. The summed E-state index contributed by atoms with van der Waals surface area (Å²) in [5.74, 6) is -2.20. The first kappa shape index (κ1) is 41.0. The lowest BCUT2D eigenvalue weighted by atomic mass is 9.94. The molecule has 6 atom stereocenters. The smallest absolute Gasteiger partial charge is 0.408 e. The second-order valence-corrected chi connectivity index (χ2v) is 18.2. The lowest BCUT2D eigenvalue weighted by Crippen LogP contribution is -2.56. The SMILES string of the molecule is Cc1c(C)c(S(=O)(=O)NC(N)=NCCC[C@H](NC(=O)OC(C)(C)C)C(=O)OC[C@H]2O[C@@H]3OC(C)(C)O[C@@H]3[C@H]3OC(C)(C)O[C@H]32)c(C)c2c1OC(C)(C)C2. The fourth-order valence-corrected chi connectivity index (χ4v) is 8.68. The molecule has 0 saturated carbocycles. The number of benzene rings is 1. The molecular weight excluding hydrogens is 712 g/mol. The highest BCUT2D eigenvalue weighted by Gasteiger charge is 2.61. The number of sulfonamides is 1. The summed E-state index contributed by atoms with van der Waals surface area (Å²) in [4.78, 5) is 30.6. The molecule has 4 heterocycles. The van der Waals surface area contributed by atoms with Crippen LogP contribution in [0.25, 0.3) is 0 Å². The van der Waals surface area contributed by atoms with Crippen LogP contribution < -0.4 is 20.5 Å². The van der Waals surface area contributed by atoms with Gasteiger partial charge in [-0.2, -0.15) is 0 Å². The van der Waals surface area contributed by atoms with Crippen molar-refractivity contribution in [1.82, 2.24) is 10.0 Å². The molecule has 0 aromatic heterocycles. The van der Waals surface area contributed by atoms with Crippen LogP contribution in [0.15, 0.2) is 9.89 Å². The Morgan fingerprint density at radius 2 is 1.57 bits per heavy atom. The molecule has 17 heteroatoms. The average molecular weight is 769 g/mol. The molecule has 1 aromatic rings. The number of nitrogens with two attached hydrogens (primary N) is 1. The molecule has 16 nitrogen and oxygen atoms in total. The summed E-state index contributed by atoms with van der Waals surface area (Å²) in [5, 5.41) is 2.58. The Bertz CT molecular complexity index is 1740. The van der Waals surface area contributed by atoms with Gasteiger partial charge in [0.1, 0.15) is 54.0 Å². The molecule has 0 aliphatic carbocycles. The van der Waals surface area contributed by atoms with Gasteiger partial charge in [-0.3, -0.25) is 4.99 Å². The monoisotopic (exact) mass is 768 g/mol. The van der Waals surface area contributed by atoms with Gasteiger partial charge in [0, 0.05) is 18.5 Å². The highest BCUT2D eigenvalue weighted by Crippen LogP contribution is 2.45. The molecule has 1 amide bonds. The fourth-order valence-electron chi connectivity index (χ4n) is 7.15. The molecule has 0 bridgehead atoms. The number of rotatable bonds is 10. The molecule has 5 rings (SSSR count). The standard InChI is InChI=1S/C36H56N4O12S/c1-18-19(2)28(20(3)21-16-34(7,8)47-24(18)21)53(43,44)40-31(37)38-15-13-14-22(39-32(42)52-33(4,5)6)29(41)45-17-23-25-26(49-35(9,10)48-25)27-30(46-23)51-36(11,12)50-27/h22-23,25-27,30H,13-17H2,1-12H3,(H,39,42)(H3,37,38,40)/t22-,23+,25-,26-,27+,30+/m0/s1. The molecule has 0 radical (unpaired) electrons. The van der Waals surface area contributed by atoms with Crippen LogP contribution in [-0.4, -0.2) is 99.1 Å². The van der Waals surface area contributed by atoms with Crippen LogP contribution in [0.1, 0.15) is 97.4 Å². The summed E-state index contributed by atoms with van der Waals surface area (Å²) >= 11 is 0. The first-order valence-corrected chi connectivity index (χ1v) is 19.4. The predicted octanol–water partition coefficient (Wildman–Crippen LogP) is 3.53. The van der Waals surface area contributed by atoms with E-state index in [0.717, 1.165) is 11.1 Å². The number of amides is 1. The third-order valence-electron chi connectivity index (χ3n) is 9.35. The van der Waals surface area contributed by atoms with Crippen molar-refractivity contribution < 1.29 is 55.9 Å². The van der Waals surface area contributed by atoms with Crippen molar-refractivity contribution in [1.29, 1.82) is 0 Å². The number of alkyl carbamates (subject to hydrolysis) is 1. The zero-order valence-electron chi connectivity index (χ0n) is 32.8. The zero-order valence-corrected chi connectivity index (χ0v) is 33.6. The van der Waals surface area contributed by atoms with E-state index >= 15 is 0 Å². The molecule has 3 fully saturated rings. The Kier molecular flexibility index (Phi) is 11.2. The van der Waals surface area contributed by atoms with Gasteiger partial charge in [0.15, 0.2) is 17.9 Å². The minimum Gasteiger partial charge on any atom is -0.487 e. The number of aliphatic imine (C=N–C) groups is 1. The Morgan fingerprint density at radius 3 is 2.23 bits per heavy atom. The Morgan fingerprint density at radius 1 is 0.943 bits per heavy atom. The maximum absolute atomic E-state index is 13.6. The van der Waals surface area contributed by atoms with E-state index in [4.69, 9.17) is 43.6 Å². The van der Waals surface area contributed by atoms with Crippen molar-refractivity contribution in [3.8, 4) is 5.75 Å². The third-order valence-corrected chi connectivity index (χ3v) is 11.0. The molecule has 3 saturated heterocycles. The van der Waals surface area contributed by atoms with E-state index < -0.39 is 81.6 Å². The number of esters is 1. The van der Waals surface area contributed by atoms with Crippen molar-refractivity contribution in [3.63, 3.8) is 0 Å². The van der Waals surface area contributed by atoms with Gasteiger partial charge in [0.2, 0.25) is 5.96 Å². The normalized spacial score (nSPS) is 27.5. The van der Waals surface area contributed by atoms with E-state index in [2.05, 4.69) is 15.0 Å². The summed E-state index contributed by atoms with van der Waals surface area (Å²) < 4.78 is 77.1. The van der Waals surface area contributed by atoms with E-state index in [0.29, 0.717) is 23.3 Å². The summed E-state index contributed by atoms with van der Waals surface area (Å²) in [7, 11) is -4.10. The molecule has 4 N–H and O–H groups in total. The molecule has 298 valence electrons. The second-order valence-electron chi connectivity index (χ2n) is 16.6. The first-order valence-electron chi connectivity index (χ1n) is 18.0. The number of guanidine groups is 1. The van der Waals surface area contributed by atoms with Crippen LogP contribution in [0.5, 0.6) is 5.75 Å². The maximum Gasteiger partial charge on any atom is 0.408 e. The molecule has 0 unspecified atom stereocenters. The number of hydrogen-bond donors (Lipinski definition) is 3. The van der Waals surface area contributed by atoms with Crippen LogP contribution in [0.3, 0.4) is 0 Å². The predicted molar refractivity (Wildman–Crippen MR) is 192 cm³/mol. The Balaban J connectivity index is 1.23. The number of ether oxygens (including phenoxy) is 8. The van der Waals surface area contributed by atoms with E-state index in [1.807, 2.05) is 20.8 Å². The van der Waals surface area contributed by atoms with Crippen molar-refractivity contribution in [2.45, 2.75) is 167 Å². The molecule has 0 spiro atoms. The van der Waals surface area contributed by atoms with Gasteiger partial charge in [-0.25, -0.2) is 22.7 Å². The van der Waals surface area contributed by atoms with Gasteiger partial charge in [-0.1, -0.05) is 0 Å². The third kappa shape index (κ3) is 9.36. The highest BCUT2D eigenvalue weighted by atomic mass is 32.2. The largest absolute Gasteiger partial charge is 0.487 e. The van der Waals surface area contributed by atoms with Crippen LogP contribution in [0.2, 0.25) is 0 Å². The number of carbonyl (C=O) groups excluding carboxylic acids is 2. The maximum atomic E-state index is 13.6. The van der Waals surface area contributed by atoms with Crippen LogP contribution in [0, 0.1) is 20.8 Å². The lowest BCUT2D eigenvalue weighted by Gasteiger charge is -2.37. The zero-order chi connectivity index (χ0) is 39.5. The summed E-state index contributed by atoms with van der Waals surface area (Å²) in [5.41, 5.74) is 7.55. The number of fused-ring (bicyclic) bond motifs is 4. The van der Waals surface area contributed by atoms with Gasteiger partial charge in [0.05, 0.1) is 4.90 Å². The van der Waals surface area contributed by atoms with Crippen molar-refractivity contribution in [2.24, 2.45) is 10.7 Å². The highest BCUT2D eigenvalue weighted by molar-refractivity contribution is 7.90. The van der Waals surface area contributed by atoms with Crippen LogP contribution in [-0.2, 0) is 54.4 Å². The first-order chi connectivity index (χ1) is 24.3. The van der Waals surface area contributed by atoms with Gasteiger partial charge in [0.25, 0.3) is 10.0 Å². The number of carbonyl (C=O) groups is 2. The molecule has 4 aliphatic rings. The molecule has 53 heavy (non-hydrogen) atoms. The second kappa shape index (κ2) is 14.5. The molecular formula is C36H56N4O12S. The topological polar surface area (TPSA) is 205 Å². The van der Waals surface area contributed by atoms with Gasteiger partial charge in [-0.05, 0) is 113 Å². The number of nitrogens with zero attached hydrogens (tertiary/aromatic N) is 1. The minimum absolute atomic E-state index is 0.0310. The van der Waals surface area contributed by atoms with Crippen LogP contribution >= 0.6 is 0 Å². The Hall–Kier alpha value is -3.22. The van der Waals surface area contributed by atoms with Gasteiger partial charge >= 0.3 is 12.1 Å². The minimum atomic E-state index is -4.10. The van der Waals surface area contributed by atoms with Crippen molar-refractivity contribution in [3.05, 3.63) is 22.3 Å². The van der Waals surface area contributed by atoms with Gasteiger partial charge in [-0.15, -0.1) is 0 Å². The van der Waals surface area contributed by atoms with E-state index in [1.54, 1.807) is 62.3 Å². The fraction of sp³-hybridized carbons (Fsp3) is 0.750. The quantitative estimate of drug-likeness (QED) is 0.135. The lowest BCUT2D eigenvalue weighted by molar-refractivity contribution is -0.242. The van der Waals surface area contributed by atoms with Gasteiger partial charge < -0.3 is 48.9 Å². The van der Waals surface area contributed by atoms with Crippen molar-refractivity contribution in [2.75, 3.05) is 13.2 Å². The number of nitrogens with one attached hydrogen (secondary N) is 2. The summed E-state index contributed by atoms with van der Waals surface area (Å²) in [6, 6.07) is -1.14. The number of hydrogen-bond acceptors (Lipinski definition) is 13. The van der Waals surface area contributed by atoms with Crippen molar-refractivity contribution >= 4 is 28.0 Å². The van der Waals surface area contributed by atoms with E-state index in [9.17, 15) is 18.0 Å². The summed E-state index contributed by atoms with van der Waals surface area (Å²) in [6.07, 6.45) is -3.19. The van der Waals surface area contributed by atoms with Crippen LogP contribution in [0.4, 0.5) is 4.79 Å². The molecule has 4 aliphatic heterocycles. The van der Waals surface area contributed by atoms with E-state index in [-0.39, 0.29) is 36.8 Å². The average Bonchev–Trinajstić information content (AvgIpc) is 3.62. The molecule has 1 aromatic carbocycles. The Labute approximate surface area is 312 Å².